The lowest BCUT2D eigenvalue weighted by Gasteiger charge is -1.90. The van der Waals surface area contributed by atoms with Gasteiger partial charge in [0.05, 0.1) is 0 Å². The van der Waals surface area contributed by atoms with E-state index in [4.69, 9.17) is 0 Å². The first-order chi connectivity index (χ1) is 4.43. The van der Waals surface area contributed by atoms with Gasteiger partial charge in [0.15, 0.2) is 5.16 Å². The lowest BCUT2D eigenvalue weighted by atomic mass is 11.0. The molecule has 1 aromatic heterocycles. The highest BCUT2D eigenvalue weighted by molar-refractivity contribution is 7.99. The van der Waals surface area contributed by atoms with Crippen LogP contribution in [0.1, 0.15) is 6.92 Å². The van der Waals surface area contributed by atoms with Crippen LogP contribution in [0.15, 0.2) is 17.8 Å². The van der Waals surface area contributed by atoms with Crippen molar-refractivity contribution in [3.8, 4) is 0 Å². The molecule has 0 bridgehead atoms. The zero-order valence-electron chi connectivity index (χ0n) is 5.11. The van der Waals surface area contributed by atoms with Crippen molar-refractivity contribution in [3.63, 3.8) is 0 Å². The molecule has 0 aliphatic rings. The zero-order chi connectivity index (χ0) is 6.53. The summed E-state index contributed by atoms with van der Waals surface area (Å²) in [6.45, 7) is 2.06. The monoisotopic (exact) mass is 141 g/mol. The molecule has 0 spiro atoms. The van der Waals surface area contributed by atoms with Crippen molar-refractivity contribution in [2.24, 2.45) is 0 Å². The predicted molar refractivity (Wildman–Crippen MR) is 36.2 cm³/mol. The third-order valence-corrected chi connectivity index (χ3v) is 1.50. The maximum absolute atomic E-state index is 3.91. The summed E-state index contributed by atoms with van der Waals surface area (Å²) in [5.41, 5.74) is 0. The standard InChI is InChI=1S/C5H7N3S/c1-2-9-5-7-3-6-4-8-5/h3-4H,2H2,1H3. The van der Waals surface area contributed by atoms with Crippen LogP contribution in [0.2, 0.25) is 0 Å². The van der Waals surface area contributed by atoms with Gasteiger partial charge in [-0.25, -0.2) is 15.0 Å². The van der Waals surface area contributed by atoms with Crippen LogP contribution in [0.5, 0.6) is 0 Å². The zero-order valence-corrected chi connectivity index (χ0v) is 5.93. The molecule has 3 nitrogen and oxygen atoms in total. The van der Waals surface area contributed by atoms with Gasteiger partial charge in [0.2, 0.25) is 0 Å². The van der Waals surface area contributed by atoms with Crippen molar-refractivity contribution < 1.29 is 0 Å². The summed E-state index contributed by atoms with van der Waals surface area (Å²) in [5, 5.41) is 0.799. The van der Waals surface area contributed by atoms with Crippen LogP contribution >= 0.6 is 11.8 Å². The molecule has 9 heavy (non-hydrogen) atoms. The Balaban J connectivity index is 2.61. The number of thioether (sulfide) groups is 1. The second-order valence-electron chi connectivity index (χ2n) is 1.35. The van der Waals surface area contributed by atoms with Crippen LogP contribution in [-0.2, 0) is 0 Å². The second kappa shape index (κ2) is 3.40. The van der Waals surface area contributed by atoms with E-state index in [2.05, 4.69) is 21.9 Å². The molecule has 0 atom stereocenters. The topological polar surface area (TPSA) is 38.7 Å². The van der Waals surface area contributed by atoms with E-state index in [1.807, 2.05) is 0 Å². The van der Waals surface area contributed by atoms with Crippen molar-refractivity contribution in [1.82, 2.24) is 15.0 Å². The van der Waals surface area contributed by atoms with Crippen LogP contribution in [0, 0.1) is 0 Å². The molecule has 1 aromatic rings. The van der Waals surface area contributed by atoms with Gasteiger partial charge in [-0.15, -0.1) is 0 Å². The SMILES string of the molecule is CCSc1ncncn1. The molecule has 0 saturated carbocycles. The molecule has 0 amide bonds. The van der Waals surface area contributed by atoms with Gasteiger partial charge in [-0.1, -0.05) is 18.7 Å². The van der Waals surface area contributed by atoms with Gasteiger partial charge < -0.3 is 0 Å². The van der Waals surface area contributed by atoms with E-state index in [0.29, 0.717) is 0 Å². The molecule has 0 radical (unpaired) electrons. The molecule has 48 valence electrons. The third-order valence-electron chi connectivity index (χ3n) is 0.743. The van der Waals surface area contributed by atoms with Crippen LogP contribution in [0.3, 0.4) is 0 Å². The fraction of sp³-hybridized carbons (Fsp3) is 0.400. The summed E-state index contributed by atoms with van der Waals surface area (Å²) >= 11 is 1.61. The van der Waals surface area contributed by atoms with Crippen LogP contribution < -0.4 is 0 Å². The Hall–Kier alpha value is -0.640. The van der Waals surface area contributed by atoms with E-state index in [-0.39, 0.29) is 0 Å². The number of rotatable bonds is 2. The third kappa shape index (κ3) is 1.97. The highest BCUT2D eigenvalue weighted by Crippen LogP contribution is 2.07. The highest BCUT2D eigenvalue weighted by Gasteiger charge is 1.89. The Morgan fingerprint density at radius 2 is 2.11 bits per heavy atom. The first-order valence-electron chi connectivity index (χ1n) is 2.68. The Kier molecular flexibility index (Phi) is 2.45. The number of hydrogen-bond acceptors (Lipinski definition) is 4. The minimum absolute atomic E-state index is 0.799. The first-order valence-corrected chi connectivity index (χ1v) is 3.67. The van der Waals surface area contributed by atoms with Gasteiger partial charge >= 0.3 is 0 Å². The van der Waals surface area contributed by atoms with Crippen LogP contribution in [-0.4, -0.2) is 20.7 Å². The number of hydrogen-bond donors (Lipinski definition) is 0. The summed E-state index contributed by atoms with van der Waals surface area (Å²) < 4.78 is 0. The average Bonchev–Trinajstić information content (AvgIpc) is 1.91. The molecule has 0 aliphatic carbocycles. The Morgan fingerprint density at radius 3 is 2.67 bits per heavy atom. The Morgan fingerprint density at radius 1 is 1.44 bits per heavy atom. The van der Waals surface area contributed by atoms with Crippen molar-refractivity contribution in [2.45, 2.75) is 12.1 Å². The Bertz CT molecular complexity index is 165. The van der Waals surface area contributed by atoms with Crippen molar-refractivity contribution in [1.29, 1.82) is 0 Å². The smallest absolute Gasteiger partial charge is 0.190 e. The van der Waals surface area contributed by atoms with Crippen molar-refractivity contribution >= 4 is 11.8 Å². The summed E-state index contributed by atoms with van der Waals surface area (Å²) in [6, 6.07) is 0. The van der Waals surface area contributed by atoms with E-state index in [1.165, 1.54) is 12.7 Å². The van der Waals surface area contributed by atoms with Gasteiger partial charge in [-0.3, -0.25) is 0 Å². The number of nitrogens with zero attached hydrogens (tertiary/aromatic N) is 3. The normalized spacial score (nSPS) is 9.44. The summed E-state index contributed by atoms with van der Waals surface area (Å²) in [7, 11) is 0. The largest absolute Gasteiger partial charge is 0.225 e. The summed E-state index contributed by atoms with van der Waals surface area (Å²) in [6.07, 6.45) is 3.01. The van der Waals surface area contributed by atoms with Gasteiger partial charge in [0, 0.05) is 0 Å². The summed E-state index contributed by atoms with van der Waals surface area (Å²) in [4.78, 5) is 11.5. The predicted octanol–water partition coefficient (Wildman–Crippen LogP) is 0.984. The summed E-state index contributed by atoms with van der Waals surface area (Å²) in [5.74, 6) is 1.00. The fourth-order valence-corrected chi connectivity index (χ4v) is 0.934. The van der Waals surface area contributed by atoms with E-state index < -0.39 is 0 Å². The molecule has 0 aliphatic heterocycles. The van der Waals surface area contributed by atoms with Gasteiger partial charge in [0.25, 0.3) is 0 Å². The molecule has 0 fully saturated rings. The molecular formula is C5H7N3S. The minimum atomic E-state index is 0.799. The van der Waals surface area contributed by atoms with Crippen LogP contribution in [0.25, 0.3) is 0 Å². The lowest BCUT2D eigenvalue weighted by Crippen LogP contribution is -1.85. The van der Waals surface area contributed by atoms with Crippen molar-refractivity contribution in [2.75, 3.05) is 5.75 Å². The maximum Gasteiger partial charge on any atom is 0.190 e. The minimum Gasteiger partial charge on any atom is -0.225 e. The fourth-order valence-electron chi connectivity index (χ4n) is 0.432. The van der Waals surface area contributed by atoms with Gasteiger partial charge in [-0.05, 0) is 5.75 Å². The molecule has 0 saturated heterocycles. The second-order valence-corrected chi connectivity index (χ2v) is 2.58. The molecule has 1 rings (SSSR count). The van der Waals surface area contributed by atoms with E-state index in [9.17, 15) is 0 Å². The Labute approximate surface area is 57.9 Å². The molecular weight excluding hydrogens is 134 g/mol. The van der Waals surface area contributed by atoms with Gasteiger partial charge in [-0.2, -0.15) is 0 Å². The highest BCUT2D eigenvalue weighted by atomic mass is 32.2. The van der Waals surface area contributed by atoms with E-state index >= 15 is 0 Å². The van der Waals surface area contributed by atoms with E-state index in [1.54, 1.807) is 11.8 Å². The van der Waals surface area contributed by atoms with Crippen molar-refractivity contribution in [3.05, 3.63) is 12.7 Å². The van der Waals surface area contributed by atoms with E-state index in [0.717, 1.165) is 10.9 Å². The molecule has 0 N–H and O–H groups in total. The van der Waals surface area contributed by atoms with Crippen LogP contribution in [0.4, 0.5) is 0 Å². The number of aromatic nitrogens is 3. The van der Waals surface area contributed by atoms with Gasteiger partial charge in [0.1, 0.15) is 12.7 Å². The molecule has 1 heterocycles. The molecule has 0 unspecified atom stereocenters. The first kappa shape index (κ1) is 6.48. The molecule has 0 aromatic carbocycles. The average molecular weight is 141 g/mol. The molecule has 4 heteroatoms. The quantitative estimate of drug-likeness (QED) is 0.575. The maximum atomic E-state index is 3.91. The lowest BCUT2D eigenvalue weighted by molar-refractivity contribution is 0.902.